The Labute approximate surface area is 149 Å². The molecule has 0 bridgehead atoms. The Morgan fingerprint density at radius 1 is 0.962 bits per heavy atom. The van der Waals surface area contributed by atoms with Crippen molar-refractivity contribution in [3.05, 3.63) is 87.8 Å². The minimum atomic E-state index is -0.840. The summed E-state index contributed by atoms with van der Waals surface area (Å²) in [6, 6.07) is 17.0. The molecule has 4 rings (SSSR count). The van der Waals surface area contributed by atoms with Gasteiger partial charge in [0, 0.05) is 17.0 Å². The number of pyridine rings is 2. The summed E-state index contributed by atoms with van der Waals surface area (Å²) in [4.78, 5) is 30.2. The van der Waals surface area contributed by atoms with Gasteiger partial charge in [0.1, 0.15) is 5.65 Å². The Balaban J connectivity index is 1.81. The van der Waals surface area contributed by atoms with Crippen molar-refractivity contribution in [1.29, 1.82) is 0 Å². The first-order valence-electron chi connectivity index (χ1n) is 8.30. The van der Waals surface area contributed by atoms with Crippen LogP contribution >= 0.6 is 0 Å². The van der Waals surface area contributed by atoms with Crippen molar-refractivity contribution >= 4 is 27.8 Å². The molecule has 0 spiro atoms. The van der Waals surface area contributed by atoms with E-state index in [9.17, 15) is 9.59 Å². The van der Waals surface area contributed by atoms with E-state index in [1.807, 2.05) is 54.6 Å². The summed E-state index contributed by atoms with van der Waals surface area (Å²) in [5.74, 6) is -0.840. The number of carbonyl (C=O) groups is 1. The number of H-pyrrole nitrogens is 1. The van der Waals surface area contributed by atoms with Crippen LogP contribution < -0.4 is 5.56 Å². The molecule has 26 heavy (non-hydrogen) atoms. The highest BCUT2D eigenvalue weighted by atomic mass is 16.4. The summed E-state index contributed by atoms with van der Waals surface area (Å²) >= 11 is 0. The maximum atomic E-state index is 12.2. The first kappa shape index (κ1) is 16.0. The molecule has 2 N–H and O–H groups in total. The number of aromatic nitrogens is 2. The largest absolute Gasteiger partial charge is 0.481 e. The molecule has 5 heteroatoms. The van der Waals surface area contributed by atoms with Gasteiger partial charge in [0.2, 0.25) is 0 Å². The molecule has 0 aliphatic rings. The predicted molar refractivity (Wildman–Crippen MR) is 100 cm³/mol. The summed E-state index contributed by atoms with van der Waals surface area (Å²) in [6.45, 7) is 0. The van der Waals surface area contributed by atoms with Crippen LogP contribution in [0.25, 0.3) is 21.8 Å². The van der Waals surface area contributed by atoms with Crippen LogP contribution in [0.4, 0.5) is 0 Å². The van der Waals surface area contributed by atoms with E-state index in [2.05, 4.69) is 9.97 Å². The van der Waals surface area contributed by atoms with Crippen molar-refractivity contribution in [3.63, 3.8) is 0 Å². The number of rotatable bonds is 4. The summed E-state index contributed by atoms with van der Waals surface area (Å²) in [6.07, 6.45) is 2.38. The number of benzene rings is 2. The number of nitrogens with one attached hydrogen (secondary N) is 1. The van der Waals surface area contributed by atoms with Crippen LogP contribution in [0.2, 0.25) is 0 Å². The van der Waals surface area contributed by atoms with E-state index in [1.165, 1.54) is 0 Å². The lowest BCUT2D eigenvalue weighted by Crippen LogP contribution is -2.08. The monoisotopic (exact) mass is 344 g/mol. The van der Waals surface area contributed by atoms with Gasteiger partial charge in [-0.3, -0.25) is 9.59 Å². The number of carboxylic acids is 1. The number of carboxylic acid groups (broad SMARTS) is 1. The van der Waals surface area contributed by atoms with Crippen molar-refractivity contribution in [2.45, 2.75) is 12.8 Å². The van der Waals surface area contributed by atoms with Gasteiger partial charge >= 0.3 is 5.97 Å². The summed E-state index contributed by atoms with van der Waals surface area (Å²) in [5, 5.41) is 11.3. The van der Waals surface area contributed by atoms with Crippen molar-refractivity contribution < 1.29 is 9.90 Å². The van der Waals surface area contributed by atoms with Crippen molar-refractivity contribution in [3.8, 4) is 0 Å². The van der Waals surface area contributed by atoms with E-state index >= 15 is 0 Å². The molecular formula is C21H16N2O3. The van der Waals surface area contributed by atoms with Crippen molar-refractivity contribution in [1.82, 2.24) is 9.97 Å². The van der Waals surface area contributed by atoms with Gasteiger partial charge in [-0.15, -0.1) is 0 Å². The van der Waals surface area contributed by atoms with E-state index in [4.69, 9.17) is 5.11 Å². The van der Waals surface area contributed by atoms with Crippen LogP contribution in [-0.4, -0.2) is 21.0 Å². The van der Waals surface area contributed by atoms with Crippen LogP contribution in [0, 0.1) is 0 Å². The average Bonchev–Trinajstić information content (AvgIpc) is 2.63. The molecule has 0 unspecified atom stereocenters. The Morgan fingerprint density at radius 2 is 1.65 bits per heavy atom. The standard InChI is InChI=1S/C21H16N2O3/c24-18(25)12-14-7-5-13(6-8-14)11-15-9-10-22-20-19(15)16-3-1-2-4-17(16)21(26)23-20/h1-10H,11-12H2,(H,24,25)(H,22,23,26). The highest BCUT2D eigenvalue weighted by molar-refractivity contribution is 6.05. The van der Waals surface area contributed by atoms with Gasteiger partial charge in [0.15, 0.2) is 0 Å². The van der Waals surface area contributed by atoms with Gasteiger partial charge in [-0.1, -0.05) is 42.5 Å². The normalized spacial score (nSPS) is 11.1. The van der Waals surface area contributed by atoms with E-state index in [1.54, 1.807) is 6.20 Å². The SMILES string of the molecule is O=C(O)Cc1ccc(Cc2ccnc3[nH]c(=O)c4ccccc4c23)cc1. The maximum absolute atomic E-state index is 12.2. The number of aromatic amines is 1. The van der Waals surface area contributed by atoms with Crippen LogP contribution in [0.1, 0.15) is 16.7 Å². The highest BCUT2D eigenvalue weighted by Gasteiger charge is 2.10. The molecule has 0 aliphatic carbocycles. The predicted octanol–water partition coefficient (Wildman–Crippen LogP) is 3.29. The fraction of sp³-hybridized carbons (Fsp3) is 0.0952. The lowest BCUT2D eigenvalue weighted by molar-refractivity contribution is -0.136. The van der Waals surface area contributed by atoms with E-state index in [0.717, 1.165) is 27.5 Å². The molecule has 0 radical (unpaired) electrons. The number of nitrogens with zero attached hydrogens (tertiary/aromatic N) is 1. The first-order chi connectivity index (χ1) is 12.6. The van der Waals surface area contributed by atoms with Gasteiger partial charge < -0.3 is 10.1 Å². The second-order valence-electron chi connectivity index (χ2n) is 6.26. The molecule has 0 saturated carbocycles. The molecule has 4 aromatic rings. The third-order valence-corrected chi connectivity index (χ3v) is 4.48. The second kappa shape index (κ2) is 6.44. The first-order valence-corrected chi connectivity index (χ1v) is 8.30. The second-order valence-corrected chi connectivity index (χ2v) is 6.26. The number of hydrogen-bond acceptors (Lipinski definition) is 3. The molecule has 0 saturated heterocycles. The number of aliphatic carboxylic acids is 1. The molecule has 2 aromatic heterocycles. The minimum Gasteiger partial charge on any atom is -0.481 e. The van der Waals surface area contributed by atoms with Gasteiger partial charge in [-0.05, 0) is 40.6 Å². The lowest BCUT2D eigenvalue weighted by atomic mass is 9.98. The van der Waals surface area contributed by atoms with Crippen LogP contribution in [-0.2, 0) is 17.6 Å². The molecule has 2 aromatic carbocycles. The highest BCUT2D eigenvalue weighted by Crippen LogP contribution is 2.25. The Bertz CT molecular complexity index is 1180. The minimum absolute atomic E-state index is 0.0182. The van der Waals surface area contributed by atoms with E-state index in [0.29, 0.717) is 17.5 Å². The summed E-state index contributed by atoms with van der Waals surface area (Å²) < 4.78 is 0. The maximum Gasteiger partial charge on any atom is 0.307 e. The van der Waals surface area contributed by atoms with Crippen molar-refractivity contribution in [2.24, 2.45) is 0 Å². The van der Waals surface area contributed by atoms with Gasteiger partial charge in [-0.2, -0.15) is 0 Å². The number of fused-ring (bicyclic) bond motifs is 3. The third kappa shape index (κ3) is 2.95. The van der Waals surface area contributed by atoms with Crippen LogP contribution in [0.5, 0.6) is 0 Å². The molecule has 0 aliphatic heterocycles. The summed E-state index contributed by atoms with van der Waals surface area (Å²) in [7, 11) is 0. The fourth-order valence-electron chi connectivity index (χ4n) is 3.29. The Kier molecular flexibility index (Phi) is 3.97. The summed E-state index contributed by atoms with van der Waals surface area (Å²) in [5.41, 5.74) is 3.34. The molecular weight excluding hydrogens is 328 g/mol. The molecule has 128 valence electrons. The van der Waals surface area contributed by atoms with Gasteiger partial charge in [0.05, 0.1) is 6.42 Å². The molecule has 5 nitrogen and oxygen atoms in total. The van der Waals surface area contributed by atoms with Gasteiger partial charge in [-0.25, -0.2) is 4.98 Å². The fourth-order valence-corrected chi connectivity index (χ4v) is 3.29. The van der Waals surface area contributed by atoms with Crippen LogP contribution in [0.15, 0.2) is 65.6 Å². The zero-order chi connectivity index (χ0) is 18.1. The van der Waals surface area contributed by atoms with Crippen molar-refractivity contribution in [2.75, 3.05) is 0 Å². The van der Waals surface area contributed by atoms with Crippen LogP contribution in [0.3, 0.4) is 0 Å². The third-order valence-electron chi connectivity index (χ3n) is 4.48. The zero-order valence-corrected chi connectivity index (χ0v) is 13.9. The van der Waals surface area contributed by atoms with Gasteiger partial charge in [0.25, 0.3) is 5.56 Å². The smallest absolute Gasteiger partial charge is 0.307 e. The quantitative estimate of drug-likeness (QED) is 0.557. The molecule has 0 atom stereocenters. The van der Waals surface area contributed by atoms with E-state index in [-0.39, 0.29) is 12.0 Å². The van der Waals surface area contributed by atoms with E-state index < -0.39 is 5.97 Å². The lowest BCUT2D eigenvalue weighted by Gasteiger charge is -2.09. The zero-order valence-electron chi connectivity index (χ0n) is 13.9. The average molecular weight is 344 g/mol. The molecule has 2 heterocycles. The topological polar surface area (TPSA) is 83.0 Å². The molecule has 0 amide bonds. The Morgan fingerprint density at radius 3 is 2.38 bits per heavy atom. The Hall–Kier alpha value is -3.47. The molecule has 0 fully saturated rings. The number of hydrogen-bond donors (Lipinski definition) is 2.